The molecule has 0 radical (unpaired) electrons. The van der Waals surface area contributed by atoms with Crippen molar-refractivity contribution >= 4 is 5.78 Å². The molecular formula is C14H10F2N2O2. The summed E-state index contributed by atoms with van der Waals surface area (Å²) in [6.07, 6.45) is 3.07. The minimum absolute atomic E-state index is 0.0617. The van der Waals surface area contributed by atoms with Gasteiger partial charge in [0, 0.05) is 12.0 Å². The number of aromatic hydroxyl groups is 1. The van der Waals surface area contributed by atoms with Crippen molar-refractivity contribution in [3.05, 3.63) is 41.4 Å². The summed E-state index contributed by atoms with van der Waals surface area (Å²) in [4.78, 5) is 19.9. The number of fused-ring (bicyclic) bond motifs is 1. The minimum Gasteiger partial charge on any atom is -0.503 e. The lowest BCUT2D eigenvalue weighted by Crippen LogP contribution is -2.15. The maximum Gasteiger partial charge on any atom is 0.187 e. The zero-order chi connectivity index (χ0) is 14.3. The van der Waals surface area contributed by atoms with Gasteiger partial charge in [-0.25, -0.2) is 18.7 Å². The van der Waals surface area contributed by atoms with Crippen LogP contribution < -0.4 is 0 Å². The highest BCUT2D eigenvalue weighted by Gasteiger charge is 2.21. The number of halogens is 2. The Morgan fingerprint density at radius 3 is 2.55 bits per heavy atom. The van der Waals surface area contributed by atoms with E-state index in [2.05, 4.69) is 9.97 Å². The summed E-state index contributed by atoms with van der Waals surface area (Å²) in [5, 5.41) is 9.07. The van der Waals surface area contributed by atoms with Gasteiger partial charge in [0.1, 0.15) is 5.69 Å². The number of ketones is 1. The fraction of sp³-hybridized carbons (Fsp3) is 0.214. The summed E-state index contributed by atoms with van der Waals surface area (Å²) >= 11 is 0. The van der Waals surface area contributed by atoms with Gasteiger partial charge in [0.05, 0.1) is 17.6 Å². The molecule has 0 spiro atoms. The Kier molecular flexibility index (Phi) is 2.93. The summed E-state index contributed by atoms with van der Waals surface area (Å²) in [6.45, 7) is 0. The third-order valence-corrected chi connectivity index (χ3v) is 3.24. The Morgan fingerprint density at radius 2 is 1.85 bits per heavy atom. The second-order valence-corrected chi connectivity index (χ2v) is 4.62. The van der Waals surface area contributed by atoms with Crippen LogP contribution in [0, 0.1) is 11.6 Å². The largest absolute Gasteiger partial charge is 0.503 e. The summed E-state index contributed by atoms with van der Waals surface area (Å²) in [5.74, 6) is -3.20. The van der Waals surface area contributed by atoms with Crippen LogP contribution in [0.4, 0.5) is 8.78 Å². The van der Waals surface area contributed by atoms with Gasteiger partial charge >= 0.3 is 0 Å². The molecule has 6 heteroatoms. The van der Waals surface area contributed by atoms with Crippen LogP contribution in [0.1, 0.15) is 29.0 Å². The van der Waals surface area contributed by atoms with Gasteiger partial charge in [-0.1, -0.05) is 0 Å². The minimum atomic E-state index is -1.06. The van der Waals surface area contributed by atoms with Gasteiger partial charge in [0.15, 0.2) is 23.2 Å². The fourth-order valence-corrected chi connectivity index (χ4v) is 2.22. The number of benzene rings is 1. The van der Waals surface area contributed by atoms with Crippen molar-refractivity contribution in [1.82, 2.24) is 9.97 Å². The summed E-state index contributed by atoms with van der Waals surface area (Å²) in [5.41, 5.74) is 1.33. The summed E-state index contributed by atoms with van der Waals surface area (Å²) < 4.78 is 26.7. The number of hydrogen-bond acceptors (Lipinski definition) is 4. The molecule has 0 atom stereocenters. The molecule has 0 saturated heterocycles. The normalized spacial score (nSPS) is 14.2. The molecule has 20 heavy (non-hydrogen) atoms. The zero-order valence-electron chi connectivity index (χ0n) is 10.4. The Morgan fingerprint density at radius 1 is 1.15 bits per heavy atom. The van der Waals surface area contributed by atoms with E-state index in [1.165, 1.54) is 6.20 Å². The first-order valence-electron chi connectivity index (χ1n) is 6.14. The number of nitrogens with zero attached hydrogens (tertiary/aromatic N) is 2. The van der Waals surface area contributed by atoms with E-state index in [1.807, 2.05) is 0 Å². The van der Waals surface area contributed by atoms with Crippen LogP contribution in [-0.4, -0.2) is 20.9 Å². The predicted molar refractivity (Wildman–Crippen MR) is 66.3 cm³/mol. The lowest BCUT2D eigenvalue weighted by atomic mass is 9.99. The Bertz CT molecular complexity index is 693. The van der Waals surface area contributed by atoms with Gasteiger partial charge in [0.2, 0.25) is 0 Å². The maximum atomic E-state index is 13.3. The number of rotatable bonds is 1. The molecule has 1 aromatic carbocycles. The number of Topliss-reactive ketones (excluding diaryl/α,β-unsaturated/α-hetero) is 1. The number of hydrogen-bond donors (Lipinski definition) is 1. The van der Waals surface area contributed by atoms with Gasteiger partial charge in [0.25, 0.3) is 0 Å². The molecule has 1 aromatic heterocycles. The average Bonchev–Trinajstić information content (AvgIpc) is 2.44. The van der Waals surface area contributed by atoms with Crippen molar-refractivity contribution in [2.75, 3.05) is 0 Å². The standard InChI is InChI=1S/C14H10F2N2O2/c15-8-4-7(5-9(16)14(8)20)11-6-17-13-10(18-11)2-1-3-12(13)19/h4-6,20H,1-3H2. The monoisotopic (exact) mass is 276 g/mol. The number of aryl methyl sites for hydroxylation is 1. The first-order valence-corrected chi connectivity index (χ1v) is 6.14. The van der Waals surface area contributed by atoms with Crippen LogP contribution >= 0.6 is 0 Å². The van der Waals surface area contributed by atoms with Crippen molar-refractivity contribution in [1.29, 1.82) is 0 Å². The zero-order valence-corrected chi connectivity index (χ0v) is 10.4. The van der Waals surface area contributed by atoms with Gasteiger partial charge in [-0.3, -0.25) is 4.79 Å². The van der Waals surface area contributed by atoms with Crippen molar-refractivity contribution in [3.63, 3.8) is 0 Å². The summed E-state index contributed by atoms with van der Waals surface area (Å²) in [6, 6.07) is 1.97. The van der Waals surface area contributed by atoms with Gasteiger partial charge in [-0.2, -0.15) is 0 Å². The Hall–Kier alpha value is -2.37. The van der Waals surface area contributed by atoms with Crippen LogP contribution in [0.15, 0.2) is 18.3 Å². The molecule has 0 bridgehead atoms. The van der Waals surface area contributed by atoms with E-state index < -0.39 is 17.4 Å². The Balaban J connectivity index is 2.09. The number of carbonyl (C=O) groups is 1. The van der Waals surface area contributed by atoms with Crippen molar-refractivity contribution < 1.29 is 18.7 Å². The predicted octanol–water partition coefficient (Wildman–Crippen LogP) is 2.65. The first-order chi connectivity index (χ1) is 9.56. The van der Waals surface area contributed by atoms with Crippen LogP contribution in [0.2, 0.25) is 0 Å². The van der Waals surface area contributed by atoms with Gasteiger partial charge in [-0.15, -0.1) is 0 Å². The number of carbonyl (C=O) groups excluding carboxylic acids is 1. The molecule has 0 saturated carbocycles. The highest BCUT2D eigenvalue weighted by atomic mass is 19.1. The summed E-state index contributed by atoms with van der Waals surface area (Å²) in [7, 11) is 0. The van der Waals surface area contributed by atoms with E-state index >= 15 is 0 Å². The van der Waals surface area contributed by atoms with E-state index in [4.69, 9.17) is 5.11 Å². The lowest BCUT2D eigenvalue weighted by Gasteiger charge is -2.13. The molecule has 1 aliphatic rings. The topological polar surface area (TPSA) is 63.1 Å². The average molecular weight is 276 g/mol. The number of phenolic OH excluding ortho intramolecular Hbond substituents is 1. The molecule has 1 N–H and O–H groups in total. The lowest BCUT2D eigenvalue weighted by molar-refractivity contribution is 0.0966. The third kappa shape index (κ3) is 2.03. The van der Waals surface area contributed by atoms with Crippen molar-refractivity contribution in [3.8, 4) is 17.0 Å². The van der Waals surface area contributed by atoms with Crippen molar-refractivity contribution in [2.24, 2.45) is 0 Å². The van der Waals surface area contributed by atoms with Gasteiger partial charge in [-0.05, 0) is 25.0 Å². The van der Waals surface area contributed by atoms with E-state index in [-0.39, 0.29) is 17.0 Å². The third-order valence-electron chi connectivity index (χ3n) is 3.24. The molecule has 102 valence electrons. The highest BCUT2D eigenvalue weighted by Crippen LogP contribution is 2.28. The van der Waals surface area contributed by atoms with Crippen LogP contribution in [-0.2, 0) is 6.42 Å². The van der Waals surface area contributed by atoms with Crippen LogP contribution in [0.5, 0.6) is 5.75 Å². The molecule has 3 rings (SSSR count). The van der Waals surface area contributed by atoms with Crippen LogP contribution in [0.3, 0.4) is 0 Å². The molecule has 0 fully saturated rings. The van der Waals surface area contributed by atoms with E-state index in [0.717, 1.165) is 12.1 Å². The maximum absolute atomic E-state index is 13.3. The van der Waals surface area contributed by atoms with Crippen LogP contribution in [0.25, 0.3) is 11.3 Å². The first kappa shape index (κ1) is 12.7. The molecule has 0 aliphatic heterocycles. The molecule has 2 aromatic rings. The Labute approximate surface area is 113 Å². The molecule has 1 aliphatic carbocycles. The fourth-order valence-electron chi connectivity index (χ4n) is 2.22. The van der Waals surface area contributed by atoms with E-state index in [1.54, 1.807) is 0 Å². The second kappa shape index (κ2) is 4.63. The number of aromatic nitrogens is 2. The molecule has 0 unspecified atom stereocenters. The quantitative estimate of drug-likeness (QED) is 0.869. The van der Waals surface area contributed by atoms with E-state index in [0.29, 0.717) is 30.7 Å². The smallest absolute Gasteiger partial charge is 0.187 e. The SMILES string of the molecule is O=C1CCCc2nc(-c3cc(F)c(O)c(F)c3)cnc21. The molecule has 1 heterocycles. The molecular weight excluding hydrogens is 266 g/mol. The molecule has 4 nitrogen and oxygen atoms in total. The van der Waals surface area contributed by atoms with E-state index in [9.17, 15) is 13.6 Å². The van der Waals surface area contributed by atoms with Crippen molar-refractivity contribution in [2.45, 2.75) is 19.3 Å². The highest BCUT2D eigenvalue weighted by molar-refractivity contribution is 5.96. The second-order valence-electron chi connectivity index (χ2n) is 4.62. The number of phenols is 1. The molecule has 0 amide bonds. The van der Waals surface area contributed by atoms with Gasteiger partial charge < -0.3 is 5.11 Å².